The van der Waals surface area contributed by atoms with E-state index >= 15 is 0 Å². The van der Waals surface area contributed by atoms with Crippen LogP contribution in [-0.4, -0.2) is 42.9 Å². The van der Waals surface area contributed by atoms with Gasteiger partial charge < -0.3 is 10.1 Å². The number of rotatable bonds is 9. The van der Waals surface area contributed by atoms with Crippen LogP contribution in [0.2, 0.25) is 5.02 Å². The molecule has 0 aromatic heterocycles. The summed E-state index contributed by atoms with van der Waals surface area (Å²) in [6.45, 7) is 3.40. The lowest BCUT2D eigenvalue weighted by Crippen LogP contribution is -2.30. The van der Waals surface area contributed by atoms with E-state index in [9.17, 15) is 21.6 Å². The second-order valence-electron chi connectivity index (χ2n) is 8.07. The topological polar surface area (TPSA) is 122 Å². The predicted molar refractivity (Wildman–Crippen MR) is 140 cm³/mol. The molecule has 0 saturated heterocycles. The van der Waals surface area contributed by atoms with E-state index in [-0.39, 0.29) is 32.8 Å². The molecular formula is C24H26ClN3O6S2. The minimum absolute atomic E-state index is 0.0309. The molecule has 0 fully saturated rings. The van der Waals surface area contributed by atoms with E-state index in [4.69, 9.17) is 16.3 Å². The van der Waals surface area contributed by atoms with Crippen molar-refractivity contribution >= 4 is 48.9 Å². The standard InChI is InChI=1S/C24H26ClN3O6S2/c1-16(2)27-35(30,31)21-13-14-23(34-4)22(15-21)26-24(29)17-5-9-19(10-6-17)28(3)36(32,33)20-11-7-18(25)8-12-20/h5-16,27H,1-4H3,(H,26,29). The molecular weight excluding hydrogens is 526 g/mol. The number of carbonyl (C=O) groups excluding carboxylic acids is 1. The summed E-state index contributed by atoms with van der Waals surface area (Å²) in [5.41, 5.74) is 0.735. The Morgan fingerprint density at radius 1 is 0.917 bits per heavy atom. The number of ether oxygens (including phenoxy) is 1. The summed E-state index contributed by atoms with van der Waals surface area (Å²) in [5, 5.41) is 3.07. The van der Waals surface area contributed by atoms with E-state index < -0.39 is 26.0 Å². The molecule has 0 atom stereocenters. The van der Waals surface area contributed by atoms with E-state index in [1.807, 2.05) is 0 Å². The average Bonchev–Trinajstić information content (AvgIpc) is 2.83. The van der Waals surface area contributed by atoms with Crippen molar-refractivity contribution in [3.8, 4) is 5.75 Å². The molecule has 2 N–H and O–H groups in total. The number of halogens is 1. The first-order chi connectivity index (χ1) is 16.8. The van der Waals surface area contributed by atoms with Gasteiger partial charge in [-0.3, -0.25) is 9.10 Å². The molecule has 0 aliphatic rings. The fourth-order valence-corrected chi connectivity index (χ4v) is 5.85. The Balaban J connectivity index is 1.83. The average molecular weight is 552 g/mol. The lowest BCUT2D eigenvalue weighted by atomic mass is 10.2. The highest BCUT2D eigenvalue weighted by Gasteiger charge is 2.22. The normalized spacial score (nSPS) is 11.8. The first kappa shape index (κ1) is 27.5. The number of carbonyl (C=O) groups is 1. The Bertz CT molecular complexity index is 1460. The SMILES string of the molecule is COc1ccc(S(=O)(=O)NC(C)C)cc1NC(=O)c1ccc(N(C)S(=O)(=O)c2ccc(Cl)cc2)cc1. The van der Waals surface area contributed by atoms with Crippen molar-refractivity contribution in [1.82, 2.24) is 4.72 Å². The van der Waals surface area contributed by atoms with E-state index in [0.29, 0.717) is 10.7 Å². The number of anilines is 2. The lowest BCUT2D eigenvalue weighted by Gasteiger charge is -2.20. The molecule has 0 radical (unpaired) electrons. The third-order valence-electron chi connectivity index (χ3n) is 5.09. The Hall–Kier alpha value is -3.12. The Morgan fingerprint density at radius 2 is 1.50 bits per heavy atom. The second-order valence-corrected chi connectivity index (χ2v) is 12.2. The third-order valence-corrected chi connectivity index (χ3v) is 8.79. The Labute approximate surface area is 216 Å². The van der Waals surface area contributed by atoms with Gasteiger partial charge in [-0.2, -0.15) is 0 Å². The monoisotopic (exact) mass is 551 g/mol. The van der Waals surface area contributed by atoms with Crippen LogP contribution in [0.15, 0.2) is 76.5 Å². The largest absolute Gasteiger partial charge is 0.495 e. The first-order valence-electron chi connectivity index (χ1n) is 10.7. The number of sulfonamides is 2. The van der Waals surface area contributed by atoms with Gasteiger partial charge >= 0.3 is 0 Å². The molecule has 12 heteroatoms. The van der Waals surface area contributed by atoms with Gasteiger partial charge in [-0.1, -0.05) is 11.6 Å². The number of hydrogen-bond donors (Lipinski definition) is 2. The van der Waals surface area contributed by atoms with Crippen LogP contribution in [0.1, 0.15) is 24.2 Å². The minimum atomic E-state index is -3.83. The molecule has 1 amide bonds. The summed E-state index contributed by atoms with van der Waals surface area (Å²) < 4.78 is 59.7. The van der Waals surface area contributed by atoms with Gasteiger partial charge in [-0.15, -0.1) is 0 Å². The second kappa shape index (κ2) is 10.9. The van der Waals surface area contributed by atoms with Crippen LogP contribution in [0, 0.1) is 0 Å². The van der Waals surface area contributed by atoms with Crippen molar-refractivity contribution in [2.24, 2.45) is 0 Å². The molecule has 0 spiro atoms. The molecule has 0 saturated carbocycles. The first-order valence-corrected chi connectivity index (χ1v) is 14.0. The Morgan fingerprint density at radius 3 is 2.06 bits per heavy atom. The summed E-state index contributed by atoms with van der Waals surface area (Å²) >= 11 is 5.85. The van der Waals surface area contributed by atoms with Gasteiger partial charge in [-0.05, 0) is 80.6 Å². The number of methoxy groups -OCH3 is 1. The number of benzene rings is 3. The van der Waals surface area contributed by atoms with Gasteiger partial charge in [0.05, 0.1) is 28.3 Å². The zero-order chi connectivity index (χ0) is 26.7. The van der Waals surface area contributed by atoms with E-state index in [2.05, 4.69) is 10.0 Å². The fraction of sp³-hybridized carbons (Fsp3) is 0.208. The minimum Gasteiger partial charge on any atom is -0.495 e. The predicted octanol–water partition coefficient (Wildman–Crippen LogP) is 4.11. The van der Waals surface area contributed by atoms with Gasteiger partial charge in [0.25, 0.3) is 15.9 Å². The van der Waals surface area contributed by atoms with Crippen LogP contribution in [-0.2, 0) is 20.0 Å². The van der Waals surface area contributed by atoms with Crippen LogP contribution in [0.25, 0.3) is 0 Å². The van der Waals surface area contributed by atoms with E-state index in [1.54, 1.807) is 13.8 Å². The number of nitrogens with one attached hydrogen (secondary N) is 2. The van der Waals surface area contributed by atoms with Crippen LogP contribution in [0.4, 0.5) is 11.4 Å². The van der Waals surface area contributed by atoms with Crippen molar-refractivity contribution in [1.29, 1.82) is 0 Å². The van der Waals surface area contributed by atoms with Crippen LogP contribution >= 0.6 is 11.6 Å². The molecule has 0 aliphatic heterocycles. The number of hydrogen-bond acceptors (Lipinski definition) is 6. The number of amides is 1. The quantitative estimate of drug-likeness (QED) is 0.412. The summed E-state index contributed by atoms with van der Waals surface area (Å²) in [6, 6.07) is 15.5. The molecule has 9 nitrogen and oxygen atoms in total. The highest BCUT2D eigenvalue weighted by atomic mass is 35.5. The molecule has 192 valence electrons. The van der Waals surface area contributed by atoms with Gasteiger partial charge in [-0.25, -0.2) is 21.6 Å². The van der Waals surface area contributed by atoms with Gasteiger partial charge in [0.1, 0.15) is 5.75 Å². The van der Waals surface area contributed by atoms with Crippen molar-refractivity contribution < 1.29 is 26.4 Å². The summed E-state index contributed by atoms with van der Waals surface area (Å²) in [5.74, 6) is -0.258. The maximum absolute atomic E-state index is 12.9. The molecule has 0 heterocycles. The van der Waals surface area contributed by atoms with Crippen molar-refractivity contribution in [2.75, 3.05) is 23.8 Å². The van der Waals surface area contributed by atoms with Gasteiger partial charge in [0.15, 0.2) is 0 Å². The van der Waals surface area contributed by atoms with E-state index in [0.717, 1.165) is 4.31 Å². The maximum Gasteiger partial charge on any atom is 0.264 e. The Kier molecular flexibility index (Phi) is 8.29. The lowest BCUT2D eigenvalue weighted by molar-refractivity contribution is 0.102. The fourth-order valence-electron chi connectivity index (χ4n) is 3.25. The molecule has 3 rings (SSSR count). The third kappa shape index (κ3) is 6.16. The van der Waals surface area contributed by atoms with Crippen molar-refractivity contribution in [3.05, 3.63) is 77.3 Å². The maximum atomic E-state index is 12.9. The summed E-state index contributed by atoms with van der Waals surface area (Å²) in [6.07, 6.45) is 0. The molecule has 3 aromatic carbocycles. The van der Waals surface area contributed by atoms with Crippen LogP contribution in [0.5, 0.6) is 5.75 Å². The summed E-state index contributed by atoms with van der Waals surface area (Å²) in [4.78, 5) is 12.9. The smallest absolute Gasteiger partial charge is 0.264 e. The zero-order valence-corrected chi connectivity index (χ0v) is 22.4. The molecule has 0 unspecified atom stereocenters. The highest BCUT2D eigenvalue weighted by molar-refractivity contribution is 7.92. The van der Waals surface area contributed by atoms with Crippen LogP contribution in [0.3, 0.4) is 0 Å². The van der Waals surface area contributed by atoms with Crippen LogP contribution < -0.4 is 19.1 Å². The molecule has 3 aromatic rings. The van der Waals surface area contributed by atoms with Crippen molar-refractivity contribution in [2.45, 2.75) is 29.7 Å². The molecule has 0 aliphatic carbocycles. The zero-order valence-electron chi connectivity index (χ0n) is 20.0. The number of nitrogens with zero attached hydrogens (tertiary/aromatic N) is 1. The highest BCUT2D eigenvalue weighted by Crippen LogP contribution is 2.29. The van der Waals surface area contributed by atoms with Crippen molar-refractivity contribution in [3.63, 3.8) is 0 Å². The molecule has 0 bridgehead atoms. The van der Waals surface area contributed by atoms with Gasteiger partial charge in [0, 0.05) is 23.7 Å². The molecule has 36 heavy (non-hydrogen) atoms. The van der Waals surface area contributed by atoms with Gasteiger partial charge in [0.2, 0.25) is 10.0 Å². The van der Waals surface area contributed by atoms with E-state index in [1.165, 1.54) is 80.9 Å². The summed E-state index contributed by atoms with van der Waals surface area (Å²) in [7, 11) is -4.82.